The van der Waals surface area contributed by atoms with Gasteiger partial charge in [-0.2, -0.15) is 0 Å². The molecule has 0 spiro atoms. The summed E-state index contributed by atoms with van der Waals surface area (Å²) in [6.45, 7) is 4.20. The van der Waals surface area contributed by atoms with Crippen molar-refractivity contribution < 1.29 is 9.53 Å². The fourth-order valence-electron chi connectivity index (χ4n) is 2.41. The van der Waals surface area contributed by atoms with E-state index in [0.717, 1.165) is 10.9 Å². The molecule has 2 rings (SSSR count). The molecule has 0 saturated heterocycles. The number of halogens is 2. The largest absolute Gasteiger partial charge is 0.381 e. The van der Waals surface area contributed by atoms with Crippen molar-refractivity contribution in [2.75, 3.05) is 7.11 Å². The molecular formula is C14H17BrClNO2. The van der Waals surface area contributed by atoms with Crippen molar-refractivity contribution in [2.24, 2.45) is 5.41 Å². The second-order valence-corrected chi connectivity index (χ2v) is 6.70. The van der Waals surface area contributed by atoms with Crippen LogP contribution >= 0.6 is 27.5 Å². The Morgan fingerprint density at radius 1 is 1.53 bits per heavy atom. The smallest absolute Gasteiger partial charge is 0.251 e. The lowest BCUT2D eigenvalue weighted by Gasteiger charge is -2.51. The van der Waals surface area contributed by atoms with Crippen LogP contribution in [0.5, 0.6) is 0 Å². The molecule has 3 nitrogen and oxygen atoms in total. The van der Waals surface area contributed by atoms with Crippen LogP contribution in [-0.4, -0.2) is 25.2 Å². The van der Waals surface area contributed by atoms with Crippen LogP contribution in [0.15, 0.2) is 22.7 Å². The SMILES string of the molecule is COC1CC(NC(=O)c2ccc(Br)c(Cl)c2)C1(C)C. The summed E-state index contributed by atoms with van der Waals surface area (Å²) in [4.78, 5) is 12.2. The number of nitrogens with one attached hydrogen (secondary N) is 1. The number of amides is 1. The van der Waals surface area contributed by atoms with E-state index in [-0.39, 0.29) is 23.5 Å². The van der Waals surface area contributed by atoms with Crippen LogP contribution in [0.4, 0.5) is 0 Å². The molecule has 104 valence electrons. The third-order valence-electron chi connectivity index (χ3n) is 3.95. The van der Waals surface area contributed by atoms with E-state index in [1.54, 1.807) is 25.3 Å². The zero-order valence-electron chi connectivity index (χ0n) is 11.2. The van der Waals surface area contributed by atoms with Crippen LogP contribution in [0.25, 0.3) is 0 Å². The highest BCUT2D eigenvalue weighted by atomic mass is 79.9. The number of ether oxygens (including phenoxy) is 1. The first kappa shape index (κ1) is 14.8. The van der Waals surface area contributed by atoms with Crippen molar-refractivity contribution >= 4 is 33.4 Å². The van der Waals surface area contributed by atoms with Crippen LogP contribution in [0.3, 0.4) is 0 Å². The highest BCUT2D eigenvalue weighted by molar-refractivity contribution is 9.10. The minimum Gasteiger partial charge on any atom is -0.381 e. The fraction of sp³-hybridized carbons (Fsp3) is 0.500. The molecule has 0 heterocycles. The standard InChI is InChI=1S/C14H17BrClNO2/c1-14(2)11(7-12(14)19-3)17-13(18)8-4-5-9(15)10(16)6-8/h4-6,11-12H,7H2,1-3H3,(H,17,18). The van der Waals surface area contributed by atoms with E-state index in [0.29, 0.717) is 10.6 Å². The first-order valence-corrected chi connectivity index (χ1v) is 7.32. The summed E-state index contributed by atoms with van der Waals surface area (Å²) in [7, 11) is 1.71. The molecule has 0 aromatic heterocycles. The monoisotopic (exact) mass is 345 g/mol. The van der Waals surface area contributed by atoms with Gasteiger partial charge in [0, 0.05) is 28.6 Å². The molecule has 1 aromatic rings. The van der Waals surface area contributed by atoms with Gasteiger partial charge in [0.05, 0.1) is 11.1 Å². The summed E-state index contributed by atoms with van der Waals surface area (Å²) >= 11 is 9.31. The molecule has 5 heteroatoms. The number of carbonyl (C=O) groups is 1. The Balaban J connectivity index is 2.04. The van der Waals surface area contributed by atoms with Crippen molar-refractivity contribution in [3.8, 4) is 0 Å². The molecule has 1 aliphatic carbocycles. The Morgan fingerprint density at radius 2 is 2.21 bits per heavy atom. The van der Waals surface area contributed by atoms with Crippen molar-refractivity contribution in [1.29, 1.82) is 0 Å². The van der Waals surface area contributed by atoms with E-state index in [4.69, 9.17) is 16.3 Å². The summed E-state index contributed by atoms with van der Waals surface area (Å²) in [6.07, 6.45) is 1.05. The topological polar surface area (TPSA) is 38.3 Å². The Labute approximate surface area is 126 Å². The molecular weight excluding hydrogens is 330 g/mol. The van der Waals surface area contributed by atoms with E-state index in [1.165, 1.54) is 0 Å². The first-order chi connectivity index (χ1) is 8.86. The van der Waals surface area contributed by atoms with Crippen LogP contribution in [0.1, 0.15) is 30.6 Å². The molecule has 1 fully saturated rings. The van der Waals surface area contributed by atoms with Crippen LogP contribution < -0.4 is 5.32 Å². The minimum atomic E-state index is -0.0953. The molecule has 0 bridgehead atoms. The summed E-state index contributed by atoms with van der Waals surface area (Å²) in [5.74, 6) is -0.0953. The van der Waals surface area contributed by atoms with Crippen LogP contribution in [0, 0.1) is 5.41 Å². The average Bonchev–Trinajstić information content (AvgIpc) is 2.36. The van der Waals surface area contributed by atoms with Gasteiger partial charge >= 0.3 is 0 Å². The van der Waals surface area contributed by atoms with Crippen molar-refractivity contribution in [3.63, 3.8) is 0 Å². The Bertz CT molecular complexity index is 504. The number of carbonyl (C=O) groups excluding carboxylic acids is 1. The van der Waals surface area contributed by atoms with Gasteiger partial charge in [0.25, 0.3) is 5.91 Å². The van der Waals surface area contributed by atoms with E-state index >= 15 is 0 Å². The zero-order valence-corrected chi connectivity index (χ0v) is 13.5. The number of hydrogen-bond acceptors (Lipinski definition) is 2. The van der Waals surface area contributed by atoms with Gasteiger partial charge < -0.3 is 10.1 Å². The lowest BCUT2D eigenvalue weighted by molar-refractivity contribution is -0.0942. The molecule has 1 N–H and O–H groups in total. The highest BCUT2D eigenvalue weighted by Crippen LogP contribution is 2.42. The van der Waals surface area contributed by atoms with Gasteiger partial charge in [0.15, 0.2) is 0 Å². The lowest BCUT2D eigenvalue weighted by Crippen LogP contribution is -2.61. The molecule has 1 aromatic carbocycles. The predicted molar refractivity (Wildman–Crippen MR) is 79.6 cm³/mol. The Hall–Kier alpha value is -0.580. The molecule has 0 radical (unpaired) electrons. The average molecular weight is 347 g/mol. The normalized spacial score (nSPS) is 24.7. The second-order valence-electron chi connectivity index (χ2n) is 5.44. The first-order valence-electron chi connectivity index (χ1n) is 6.15. The third kappa shape index (κ3) is 2.81. The summed E-state index contributed by atoms with van der Waals surface area (Å²) < 4.78 is 6.16. The number of benzene rings is 1. The maximum absolute atomic E-state index is 12.2. The fourth-order valence-corrected chi connectivity index (χ4v) is 2.84. The summed E-state index contributed by atoms with van der Waals surface area (Å²) in [5, 5.41) is 3.58. The van der Waals surface area contributed by atoms with Gasteiger partial charge in [-0.15, -0.1) is 0 Å². The van der Waals surface area contributed by atoms with Crippen LogP contribution in [-0.2, 0) is 4.74 Å². The van der Waals surface area contributed by atoms with Gasteiger partial charge in [0.2, 0.25) is 0 Å². The number of hydrogen-bond donors (Lipinski definition) is 1. The minimum absolute atomic E-state index is 0.0381. The molecule has 1 aliphatic rings. The molecule has 2 unspecified atom stereocenters. The maximum Gasteiger partial charge on any atom is 0.251 e. The van der Waals surface area contributed by atoms with Gasteiger partial charge in [-0.25, -0.2) is 0 Å². The Kier molecular flexibility index (Phi) is 4.23. The van der Waals surface area contributed by atoms with Crippen molar-refractivity contribution in [2.45, 2.75) is 32.4 Å². The molecule has 1 saturated carbocycles. The predicted octanol–water partition coefficient (Wildman–Crippen LogP) is 3.65. The molecule has 1 amide bonds. The number of methoxy groups -OCH3 is 1. The van der Waals surface area contributed by atoms with E-state index in [9.17, 15) is 4.79 Å². The summed E-state index contributed by atoms with van der Waals surface area (Å²) in [5.41, 5.74) is 0.536. The molecule has 19 heavy (non-hydrogen) atoms. The molecule has 2 atom stereocenters. The quantitative estimate of drug-likeness (QED) is 0.907. The maximum atomic E-state index is 12.2. The molecule has 0 aliphatic heterocycles. The van der Waals surface area contributed by atoms with Crippen molar-refractivity contribution in [1.82, 2.24) is 5.32 Å². The van der Waals surface area contributed by atoms with Crippen molar-refractivity contribution in [3.05, 3.63) is 33.3 Å². The van der Waals surface area contributed by atoms with Gasteiger partial charge in [0.1, 0.15) is 0 Å². The third-order valence-corrected chi connectivity index (χ3v) is 5.18. The second kappa shape index (κ2) is 5.43. The Morgan fingerprint density at radius 3 is 2.74 bits per heavy atom. The van der Waals surface area contributed by atoms with E-state index in [1.807, 2.05) is 0 Å². The van der Waals surface area contributed by atoms with Gasteiger partial charge in [-0.3, -0.25) is 4.79 Å². The summed E-state index contributed by atoms with van der Waals surface area (Å²) in [6, 6.07) is 5.33. The van der Waals surface area contributed by atoms with Crippen LogP contribution in [0.2, 0.25) is 5.02 Å². The lowest BCUT2D eigenvalue weighted by atomic mass is 9.64. The van der Waals surface area contributed by atoms with Gasteiger partial charge in [-0.1, -0.05) is 25.4 Å². The van der Waals surface area contributed by atoms with E-state index < -0.39 is 0 Å². The van der Waals surface area contributed by atoms with Gasteiger partial charge in [-0.05, 0) is 40.5 Å². The van der Waals surface area contributed by atoms with E-state index in [2.05, 4.69) is 35.1 Å². The highest BCUT2D eigenvalue weighted by Gasteiger charge is 2.49. The zero-order chi connectivity index (χ0) is 14.2. The number of rotatable bonds is 3.